The maximum absolute atomic E-state index is 12.4. The summed E-state index contributed by atoms with van der Waals surface area (Å²) in [5.41, 5.74) is 2.10. The number of aryl methyl sites for hydroxylation is 1. The molecule has 4 rings (SSSR count). The predicted octanol–water partition coefficient (Wildman–Crippen LogP) is 6.36. The number of carbonyl (C=O) groups is 1. The van der Waals surface area contributed by atoms with Gasteiger partial charge in [0.15, 0.2) is 0 Å². The summed E-state index contributed by atoms with van der Waals surface area (Å²) in [6, 6.07) is 13.7. The third kappa shape index (κ3) is 4.44. The van der Waals surface area contributed by atoms with Crippen LogP contribution in [-0.2, 0) is 11.3 Å². The van der Waals surface area contributed by atoms with Crippen molar-refractivity contribution in [1.29, 1.82) is 0 Å². The highest BCUT2D eigenvalue weighted by Gasteiger charge is 2.29. The number of benzene rings is 2. The molecule has 0 N–H and O–H groups in total. The Morgan fingerprint density at radius 1 is 1.27 bits per heavy atom. The van der Waals surface area contributed by atoms with E-state index < -0.39 is 0 Å². The molecule has 1 aliphatic heterocycles. The molecule has 0 bridgehead atoms. The van der Waals surface area contributed by atoms with Crippen LogP contribution in [0.3, 0.4) is 0 Å². The van der Waals surface area contributed by atoms with E-state index in [1.54, 1.807) is 7.05 Å². The number of nitrogens with zero attached hydrogens (tertiary/aromatic N) is 2. The van der Waals surface area contributed by atoms with Crippen LogP contribution in [0.5, 0.6) is 5.75 Å². The van der Waals surface area contributed by atoms with Gasteiger partial charge < -0.3 is 9.30 Å². The van der Waals surface area contributed by atoms with E-state index in [1.165, 1.54) is 16.7 Å². The van der Waals surface area contributed by atoms with Crippen LogP contribution >= 0.6 is 51.5 Å². The summed E-state index contributed by atoms with van der Waals surface area (Å²) in [6.45, 7) is 1.34. The molecule has 1 amide bonds. The zero-order valence-electron chi connectivity index (χ0n) is 16.1. The van der Waals surface area contributed by atoms with Gasteiger partial charge in [-0.3, -0.25) is 9.69 Å². The SMILES string of the molecule is CN1C(=O)/C(=C/c2cn(CCCOc3ccccc3Cl)c3ccc(Br)cc23)SC1=S. The molecule has 2 heterocycles. The summed E-state index contributed by atoms with van der Waals surface area (Å²) in [5, 5.41) is 1.70. The number of hydrogen-bond donors (Lipinski definition) is 0. The molecule has 1 aliphatic rings. The Kier molecular flexibility index (Phi) is 6.53. The fraction of sp³-hybridized carbons (Fsp3) is 0.182. The number of halogens is 2. The summed E-state index contributed by atoms with van der Waals surface area (Å²) >= 11 is 16.3. The van der Waals surface area contributed by atoms with Crippen LogP contribution in [0.15, 0.2) is 58.0 Å². The van der Waals surface area contributed by atoms with Crippen LogP contribution in [-0.4, -0.2) is 33.3 Å². The van der Waals surface area contributed by atoms with Gasteiger partial charge in [0.2, 0.25) is 0 Å². The molecule has 0 spiro atoms. The summed E-state index contributed by atoms with van der Waals surface area (Å²) < 4.78 is 9.57. The number of ether oxygens (including phenoxy) is 1. The van der Waals surface area contributed by atoms with Gasteiger partial charge >= 0.3 is 0 Å². The Morgan fingerprint density at radius 3 is 2.80 bits per heavy atom. The number of carbonyl (C=O) groups excluding carboxylic acids is 1. The highest BCUT2D eigenvalue weighted by atomic mass is 79.9. The largest absolute Gasteiger partial charge is 0.492 e. The minimum atomic E-state index is -0.0611. The van der Waals surface area contributed by atoms with E-state index in [1.807, 2.05) is 36.4 Å². The van der Waals surface area contributed by atoms with Crippen LogP contribution in [0.25, 0.3) is 17.0 Å². The molecule has 0 unspecified atom stereocenters. The molecule has 0 atom stereocenters. The van der Waals surface area contributed by atoms with E-state index >= 15 is 0 Å². The lowest BCUT2D eigenvalue weighted by Crippen LogP contribution is -2.22. The lowest BCUT2D eigenvalue weighted by atomic mass is 10.1. The van der Waals surface area contributed by atoms with Crippen LogP contribution in [0.4, 0.5) is 0 Å². The first kappa shape index (κ1) is 21.4. The van der Waals surface area contributed by atoms with Crippen molar-refractivity contribution in [3.05, 3.63) is 68.6 Å². The van der Waals surface area contributed by atoms with Crippen molar-refractivity contribution in [2.24, 2.45) is 0 Å². The molecule has 0 radical (unpaired) electrons. The van der Waals surface area contributed by atoms with E-state index in [9.17, 15) is 4.79 Å². The molecule has 0 aliphatic carbocycles. The van der Waals surface area contributed by atoms with Crippen molar-refractivity contribution in [2.75, 3.05) is 13.7 Å². The molecule has 0 saturated carbocycles. The molecule has 154 valence electrons. The number of likely N-dealkylation sites (N-methyl/N-ethyl adjacent to an activating group) is 1. The zero-order chi connectivity index (χ0) is 21.3. The number of hydrogen-bond acceptors (Lipinski definition) is 4. The maximum Gasteiger partial charge on any atom is 0.265 e. The van der Waals surface area contributed by atoms with E-state index in [-0.39, 0.29) is 5.91 Å². The average Bonchev–Trinajstić information content (AvgIpc) is 3.18. The second-order valence-corrected chi connectivity index (χ2v) is 9.81. The van der Waals surface area contributed by atoms with E-state index in [4.69, 9.17) is 28.6 Å². The third-order valence-corrected chi connectivity index (χ3v) is 7.07. The molecule has 1 saturated heterocycles. The minimum absolute atomic E-state index is 0.0611. The second kappa shape index (κ2) is 9.14. The van der Waals surface area contributed by atoms with Gasteiger partial charge in [-0.1, -0.05) is 63.6 Å². The van der Waals surface area contributed by atoms with Gasteiger partial charge in [0.25, 0.3) is 5.91 Å². The van der Waals surface area contributed by atoms with Gasteiger partial charge in [-0.2, -0.15) is 0 Å². The maximum atomic E-state index is 12.4. The smallest absolute Gasteiger partial charge is 0.265 e. The molecule has 2 aromatic carbocycles. The van der Waals surface area contributed by atoms with Crippen molar-refractivity contribution < 1.29 is 9.53 Å². The van der Waals surface area contributed by atoms with Gasteiger partial charge in [-0.15, -0.1) is 0 Å². The number of amides is 1. The zero-order valence-corrected chi connectivity index (χ0v) is 20.1. The van der Waals surface area contributed by atoms with Crippen LogP contribution in [0.1, 0.15) is 12.0 Å². The van der Waals surface area contributed by atoms with Crippen molar-refractivity contribution >= 4 is 78.7 Å². The normalized spacial score (nSPS) is 15.6. The first-order valence-electron chi connectivity index (χ1n) is 9.31. The minimum Gasteiger partial charge on any atom is -0.492 e. The van der Waals surface area contributed by atoms with Crippen LogP contribution < -0.4 is 4.74 Å². The fourth-order valence-electron chi connectivity index (χ4n) is 3.26. The molecule has 30 heavy (non-hydrogen) atoms. The highest BCUT2D eigenvalue weighted by molar-refractivity contribution is 9.10. The van der Waals surface area contributed by atoms with E-state index in [2.05, 4.69) is 38.8 Å². The number of para-hydroxylation sites is 1. The Hall–Kier alpha value is -1.80. The molecule has 3 aromatic rings. The quantitative estimate of drug-likeness (QED) is 0.215. The number of thioether (sulfide) groups is 1. The summed E-state index contributed by atoms with van der Waals surface area (Å²) in [7, 11) is 1.71. The van der Waals surface area contributed by atoms with Gasteiger partial charge in [0.1, 0.15) is 10.1 Å². The number of aromatic nitrogens is 1. The molecule has 8 heteroatoms. The molecular weight excluding hydrogens is 504 g/mol. The molecule has 4 nitrogen and oxygen atoms in total. The summed E-state index contributed by atoms with van der Waals surface area (Å²) in [4.78, 5) is 14.6. The monoisotopic (exact) mass is 520 g/mol. The summed E-state index contributed by atoms with van der Waals surface area (Å²) in [6.07, 6.45) is 4.82. The Morgan fingerprint density at radius 2 is 2.07 bits per heavy atom. The Labute approximate surface area is 198 Å². The Bertz CT molecular complexity index is 1180. The number of rotatable bonds is 6. The van der Waals surface area contributed by atoms with Gasteiger partial charge in [-0.05, 0) is 42.8 Å². The van der Waals surface area contributed by atoms with Gasteiger partial charge in [-0.25, -0.2) is 0 Å². The van der Waals surface area contributed by atoms with Gasteiger partial charge in [0, 0.05) is 40.7 Å². The number of fused-ring (bicyclic) bond motifs is 1. The molecular formula is C22H18BrClN2O2S2. The van der Waals surface area contributed by atoms with Crippen molar-refractivity contribution in [2.45, 2.75) is 13.0 Å². The van der Waals surface area contributed by atoms with Crippen LogP contribution in [0.2, 0.25) is 5.02 Å². The standard InChI is InChI=1S/C22H18BrClN2O2S2/c1-25-21(27)20(30-22(25)29)11-14-13-26(18-8-7-15(23)12-16(14)18)9-4-10-28-19-6-3-2-5-17(19)24/h2-3,5-8,11-13H,4,9-10H2,1H3/b20-11-. The highest BCUT2D eigenvalue weighted by Crippen LogP contribution is 2.34. The van der Waals surface area contributed by atoms with Gasteiger partial charge in [0.05, 0.1) is 16.5 Å². The second-order valence-electron chi connectivity index (χ2n) is 6.81. The lowest BCUT2D eigenvalue weighted by molar-refractivity contribution is -0.121. The Balaban J connectivity index is 1.55. The first-order valence-corrected chi connectivity index (χ1v) is 11.7. The fourth-order valence-corrected chi connectivity index (χ4v) is 4.98. The van der Waals surface area contributed by atoms with Crippen molar-refractivity contribution in [1.82, 2.24) is 9.47 Å². The lowest BCUT2D eigenvalue weighted by Gasteiger charge is -2.09. The molecule has 1 aromatic heterocycles. The summed E-state index contributed by atoms with van der Waals surface area (Å²) in [5.74, 6) is 0.636. The number of thiocarbonyl (C=S) groups is 1. The average molecular weight is 522 g/mol. The van der Waals surface area contributed by atoms with Crippen molar-refractivity contribution in [3.63, 3.8) is 0 Å². The van der Waals surface area contributed by atoms with Crippen molar-refractivity contribution in [3.8, 4) is 5.75 Å². The van der Waals surface area contributed by atoms with E-state index in [0.717, 1.165) is 33.9 Å². The third-order valence-electron chi connectivity index (χ3n) is 4.78. The predicted molar refractivity (Wildman–Crippen MR) is 132 cm³/mol. The molecule has 1 fully saturated rings. The topological polar surface area (TPSA) is 34.5 Å². The first-order chi connectivity index (χ1) is 14.4. The van der Waals surface area contributed by atoms with E-state index in [0.29, 0.717) is 26.6 Å². The van der Waals surface area contributed by atoms with Crippen LogP contribution in [0, 0.1) is 0 Å².